The number of hydrogen-bond donors (Lipinski definition) is 0. The van der Waals surface area contributed by atoms with Gasteiger partial charge in [-0.3, -0.25) is 4.79 Å². The van der Waals surface area contributed by atoms with Crippen LogP contribution < -0.4 is 0 Å². The Hall–Kier alpha value is -2.81. The van der Waals surface area contributed by atoms with E-state index in [9.17, 15) is 18.0 Å². The number of hydrogen-bond acceptors (Lipinski definition) is 5. The van der Waals surface area contributed by atoms with E-state index in [0.29, 0.717) is 30.4 Å². The van der Waals surface area contributed by atoms with Crippen molar-refractivity contribution in [2.45, 2.75) is 67.0 Å². The van der Waals surface area contributed by atoms with Crippen LogP contribution in [0.15, 0.2) is 29.3 Å². The Balaban J connectivity index is 0.000000464. The van der Waals surface area contributed by atoms with Crippen molar-refractivity contribution >= 4 is 17.9 Å². The highest BCUT2D eigenvalue weighted by atomic mass is 19.4. The van der Waals surface area contributed by atoms with Gasteiger partial charge in [0.05, 0.1) is 18.8 Å². The summed E-state index contributed by atoms with van der Waals surface area (Å²) in [5.74, 6) is 1.30. The maximum atomic E-state index is 12.8. The smallest absolute Gasteiger partial charge is 0.378 e. The van der Waals surface area contributed by atoms with Gasteiger partial charge in [-0.15, -0.1) is 0 Å². The first-order valence-electron chi connectivity index (χ1n) is 12.1. The molecular formula is C26H37F3N4O2. The van der Waals surface area contributed by atoms with Crippen LogP contribution in [0.5, 0.6) is 0 Å². The standard InChI is InChI=1S/C18H20F3N3.C6H11NO2.C2H6/c1-4-7-16-15(5-2)17(24-12(3)23-16)22-11-13-8-6-9-14(10-13)18(19,20)21;1-6(8)7-2-4-9-5-3-7;1-2/h6,8-11H,4-5,7H2,1-3H3;2-5H2,1H3;1-2H3. The molecule has 1 fully saturated rings. The van der Waals surface area contributed by atoms with Crippen molar-refractivity contribution in [2.75, 3.05) is 26.3 Å². The molecule has 2 aromatic rings. The molecule has 0 unspecified atom stereocenters. The first-order chi connectivity index (χ1) is 16.7. The summed E-state index contributed by atoms with van der Waals surface area (Å²) in [4.78, 5) is 25.6. The minimum absolute atomic E-state index is 0.151. The van der Waals surface area contributed by atoms with E-state index in [4.69, 9.17) is 4.74 Å². The van der Waals surface area contributed by atoms with Gasteiger partial charge in [-0.2, -0.15) is 13.2 Å². The van der Waals surface area contributed by atoms with Crippen molar-refractivity contribution in [2.24, 2.45) is 4.99 Å². The molecule has 1 aromatic heterocycles. The monoisotopic (exact) mass is 494 g/mol. The molecule has 0 bridgehead atoms. The fourth-order valence-corrected chi connectivity index (χ4v) is 3.36. The SMILES string of the molecule is CC.CC(=O)N1CCOCC1.CCCc1nc(C)nc(N=Cc2cccc(C(F)(F)F)c2)c1CC. The van der Waals surface area contributed by atoms with E-state index in [-0.39, 0.29) is 5.91 Å². The molecule has 1 aliphatic rings. The van der Waals surface area contributed by atoms with Gasteiger partial charge in [0, 0.05) is 37.5 Å². The zero-order valence-electron chi connectivity index (χ0n) is 21.6. The van der Waals surface area contributed by atoms with Crippen molar-refractivity contribution in [3.63, 3.8) is 0 Å². The maximum absolute atomic E-state index is 12.8. The summed E-state index contributed by atoms with van der Waals surface area (Å²) in [5, 5.41) is 0. The lowest BCUT2D eigenvalue weighted by molar-refractivity contribution is -0.137. The molecule has 1 saturated heterocycles. The van der Waals surface area contributed by atoms with Gasteiger partial charge in [-0.25, -0.2) is 15.0 Å². The van der Waals surface area contributed by atoms with Gasteiger partial charge in [0.1, 0.15) is 5.82 Å². The number of aryl methyl sites for hydroxylation is 2. The molecule has 0 radical (unpaired) electrons. The molecule has 0 atom stereocenters. The molecule has 6 nitrogen and oxygen atoms in total. The van der Waals surface area contributed by atoms with Crippen LogP contribution in [0.3, 0.4) is 0 Å². The molecule has 9 heteroatoms. The van der Waals surface area contributed by atoms with Crippen LogP contribution in [0.1, 0.15) is 69.2 Å². The average molecular weight is 495 g/mol. The predicted molar refractivity (Wildman–Crippen MR) is 133 cm³/mol. The molecule has 0 aliphatic carbocycles. The quantitative estimate of drug-likeness (QED) is 0.481. The minimum atomic E-state index is -4.36. The first kappa shape index (κ1) is 30.2. The Bertz CT molecular complexity index is 956. The second kappa shape index (κ2) is 15.2. The van der Waals surface area contributed by atoms with E-state index in [1.54, 1.807) is 24.8 Å². The average Bonchev–Trinajstić information content (AvgIpc) is 2.84. The number of amides is 1. The van der Waals surface area contributed by atoms with Crippen LogP contribution in [0.25, 0.3) is 0 Å². The fraction of sp³-hybridized carbons (Fsp3) is 0.538. The lowest BCUT2D eigenvalue weighted by atomic mass is 10.1. The Labute approximate surface area is 206 Å². The topological polar surface area (TPSA) is 67.7 Å². The highest BCUT2D eigenvalue weighted by Crippen LogP contribution is 2.29. The van der Waals surface area contributed by atoms with Crippen LogP contribution in [0.4, 0.5) is 19.0 Å². The second-order valence-electron chi connectivity index (χ2n) is 7.62. The van der Waals surface area contributed by atoms with Gasteiger partial charge in [0.2, 0.25) is 5.91 Å². The fourth-order valence-electron chi connectivity index (χ4n) is 3.36. The number of halogens is 3. The zero-order chi connectivity index (χ0) is 26.4. The lowest BCUT2D eigenvalue weighted by Gasteiger charge is -2.25. The Morgan fingerprint density at radius 3 is 2.34 bits per heavy atom. The van der Waals surface area contributed by atoms with Crippen molar-refractivity contribution in [1.82, 2.24) is 14.9 Å². The number of carbonyl (C=O) groups excluding carboxylic acids is 1. The molecule has 2 heterocycles. The summed E-state index contributed by atoms with van der Waals surface area (Å²) in [6.07, 6.45) is -0.423. The number of nitrogens with zero attached hydrogens (tertiary/aromatic N) is 4. The third kappa shape index (κ3) is 10.1. The van der Waals surface area contributed by atoms with E-state index in [0.717, 1.165) is 55.7 Å². The summed E-state index contributed by atoms with van der Waals surface area (Å²) in [5.41, 5.74) is 1.61. The lowest BCUT2D eigenvalue weighted by Crippen LogP contribution is -2.39. The zero-order valence-corrected chi connectivity index (χ0v) is 21.6. The molecule has 35 heavy (non-hydrogen) atoms. The molecule has 1 aliphatic heterocycles. The second-order valence-corrected chi connectivity index (χ2v) is 7.62. The summed E-state index contributed by atoms with van der Waals surface area (Å²) < 4.78 is 43.4. The van der Waals surface area contributed by atoms with Crippen molar-refractivity contribution in [3.8, 4) is 0 Å². The molecular weight excluding hydrogens is 457 g/mol. The largest absolute Gasteiger partial charge is 0.416 e. The van der Waals surface area contributed by atoms with Crippen molar-refractivity contribution in [1.29, 1.82) is 0 Å². The normalized spacial score (nSPS) is 13.6. The van der Waals surface area contributed by atoms with Gasteiger partial charge in [0.25, 0.3) is 0 Å². The van der Waals surface area contributed by atoms with E-state index >= 15 is 0 Å². The third-order valence-corrected chi connectivity index (χ3v) is 5.03. The van der Waals surface area contributed by atoms with Crippen LogP contribution >= 0.6 is 0 Å². The number of alkyl halides is 3. The van der Waals surface area contributed by atoms with Crippen molar-refractivity contribution in [3.05, 3.63) is 52.5 Å². The van der Waals surface area contributed by atoms with Crippen molar-refractivity contribution < 1.29 is 22.7 Å². The number of benzene rings is 1. The predicted octanol–water partition coefficient (Wildman–Crippen LogP) is 5.96. The van der Waals surface area contributed by atoms with Crippen LogP contribution in [-0.4, -0.2) is 53.3 Å². The molecule has 1 amide bonds. The number of morpholine rings is 1. The Morgan fingerprint density at radius 2 is 1.83 bits per heavy atom. The van der Waals surface area contributed by atoms with E-state index < -0.39 is 11.7 Å². The summed E-state index contributed by atoms with van der Waals surface area (Å²) in [7, 11) is 0. The maximum Gasteiger partial charge on any atom is 0.416 e. The molecule has 1 aromatic carbocycles. The van der Waals surface area contributed by atoms with E-state index in [1.807, 2.05) is 20.8 Å². The Morgan fingerprint density at radius 1 is 1.17 bits per heavy atom. The van der Waals surface area contributed by atoms with E-state index in [2.05, 4.69) is 21.9 Å². The number of ether oxygens (including phenoxy) is 1. The minimum Gasteiger partial charge on any atom is -0.378 e. The third-order valence-electron chi connectivity index (χ3n) is 5.03. The molecule has 194 valence electrons. The van der Waals surface area contributed by atoms with Gasteiger partial charge in [0.15, 0.2) is 5.82 Å². The first-order valence-corrected chi connectivity index (χ1v) is 12.1. The summed E-state index contributed by atoms with van der Waals surface area (Å²) >= 11 is 0. The molecule has 0 spiro atoms. The number of carbonyl (C=O) groups is 1. The summed E-state index contributed by atoms with van der Waals surface area (Å²) in [6, 6.07) is 5.09. The van der Waals surface area contributed by atoms with Crippen LogP contribution in [0, 0.1) is 6.92 Å². The number of aliphatic imine (C=N–C) groups is 1. The number of aromatic nitrogens is 2. The van der Waals surface area contributed by atoms with Gasteiger partial charge < -0.3 is 9.64 Å². The van der Waals surface area contributed by atoms with Gasteiger partial charge in [-0.05, 0) is 37.5 Å². The number of rotatable bonds is 5. The molecule has 3 rings (SSSR count). The van der Waals surface area contributed by atoms with Crippen LogP contribution in [0.2, 0.25) is 0 Å². The van der Waals surface area contributed by atoms with Gasteiger partial charge in [-0.1, -0.05) is 46.2 Å². The molecule has 0 saturated carbocycles. The highest BCUT2D eigenvalue weighted by molar-refractivity contribution is 5.82. The Kier molecular flexibility index (Phi) is 13.2. The van der Waals surface area contributed by atoms with Gasteiger partial charge >= 0.3 is 6.18 Å². The molecule has 0 N–H and O–H groups in total. The summed E-state index contributed by atoms with van der Waals surface area (Å²) in [6.45, 7) is 14.4. The highest BCUT2D eigenvalue weighted by Gasteiger charge is 2.30. The van der Waals surface area contributed by atoms with Crippen LogP contribution in [-0.2, 0) is 28.5 Å². The van der Waals surface area contributed by atoms with E-state index in [1.165, 1.54) is 12.3 Å².